The number of phenolic OH excluding ortho intramolecular Hbond substituents is 5. The average molecular weight is 306 g/mol. The first-order valence-corrected chi connectivity index (χ1v) is 6.51. The SMILES string of the molecule is Oc1cc(O)c2c(c1)O[C@H](c1cc(O)c(O)c(O)c1)C(O)C2. The van der Waals surface area contributed by atoms with E-state index < -0.39 is 29.5 Å². The molecule has 116 valence electrons. The van der Waals surface area contributed by atoms with E-state index in [-0.39, 0.29) is 29.2 Å². The average Bonchev–Trinajstić information content (AvgIpc) is 2.44. The number of aromatic hydroxyl groups is 5. The van der Waals surface area contributed by atoms with Crippen LogP contribution in [0.25, 0.3) is 0 Å². The summed E-state index contributed by atoms with van der Waals surface area (Å²) in [7, 11) is 0. The van der Waals surface area contributed by atoms with Crippen LogP contribution >= 0.6 is 0 Å². The van der Waals surface area contributed by atoms with E-state index in [9.17, 15) is 30.6 Å². The lowest BCUT2D eigenvalue weighted by Crippen LogP contribution is -2.30. The number of hydrogen-bond donors (Lipinski definition) is 6. The Hall–Kier alpha value is -2.80. The third-order valence-corrected chi connectivity index (χ3v) is 3.61. The molecule has 6 N–H and O–H groups in total. The fraction of sp³-hybridized carbons (Fsp3) is 0.200. The van der Waals surface area contributed by atoms with E-state index in [0.29, 0.717) is 5.56 Å². The molecule has 0 aromatic heterocycles. The summed E-state index contributed by atoms with van der Waals surface area (Å²) in [5.74, 6) is -1.94. The van der Waals surface area contributed by atoms with Gasteiger partial charge in [-0.3, -0.25) is 0 Å². The molecule has 22 heavy (non-hydrogen) atoms. The van der Waals surface area contributed by atoms with Crippen LogP contribution in [0.3, 0.4) is 0 Å². The lowest BCUT2D eigenvalue weighted by atomic mass is 9.93. The van der Waals surface area contributed by atoms with E-state index in [0.717, 1.165) is 18.2 Å². The van der Waals surface area contributed by atoms with Crippen LogP contribution in [0, 0.1) is 0 Å². The predicted octanol–water partition coefficient (Wildman–Crippen LogP) is 1.25. The summed E-state index contributed by atoms with van der Waals surface area (Å²) in [5.41, 5.74) is 0.600. The number of benzene rings is 2. The fourth-order valence-corrected chi connectivity index (χ4v) is 2.54. The van der Waals surface area contributed by atoms with E-state index in [1.807, 2.05) is 0 Å². The summed E-state index contributed by atoms with van der Waals surface area (Å²) in [5, 5.41) is 57.9. The molecule has 0 aliphatic carbocycles. The number of fused-ring (bicyclic) bond motifs is 1. The Kier molecular flexibility index (Phi) is 3.14. The standard InChI is InChI=1S/C15H14O7/c16-7-3-9(17)8-5-12(20)15(22-13(8)4-7)6-1-10(18)14(21)11(19)2-6/h1-4,12,15-21H,5H2/t12?,15-/m1/s1. The van der Waals surface area contributed by atoms with E-state index >= 15 is 0 Å². The molecular weight excluding hydrogens is 292 g/mol. The lowest BCUT2D eigenvalue weighted by molar-refractivity contribution is 0.0196. The summed E-state index contributed by atoms with van der Waals surface area (Å²) >= 11 is 0. The van der Waals surface area contributed by atoms with Crippen LogP contribution in [0.5, 0.6) is 34.5 Å². The van der Waals surface area contributed by atoms with E-state index in [1.54, 1.807) is 0 Å². The summed E-state index contributed by atoms with van der Waals surface area (Å²) in [4.78, 5) is 0. The van der Waals surface area contributed by atoms with Crippen LogP contribution in [0.15, 0.2) is 24.3 Å². The third-order valence-electron chi connectivity index (χ3n) is 3.61. The third kappa shape index (κ3) is 2.21. The Morgan fingerprint density at radius 3 is 2.14 bits per heavy atom. The van der Waals surface area contributed by atoms with Crippen molar-refractivity contribution in [3.8, 4) is 34.5 Å². The van der Waals surface area contributed by atoms with Gasteiger partial charge in [0.25, 0.3) is 0 Å². The normalized spacial score (nSPS) is 20.2. The number of ether oxygens (including phenoxy) is 1. The quantitative estimate of drug-likeness (QED) is 0.437. The first-order chi connectivity index (χ1) is 10.4. The Bertz CT molecular complexity index is 718. The number of hydrogen-bond acceptors (Lipinski definition) is 7. The molecule has 2 atom stereocenters. The molecule has 3 rings (SSSR count). The zero-order chi connectivity index (χ0) is 16.0. The van der Waals surface area contributed by atoms with Crippen molar-refractivity contribution in [3.63, 3.8) is 0 Å². The van der Waals surface area contributed by atoms with Crippen LogP contribution in [-0.4, -0.2) is 36.7 Å². The smallest absolute Gasteiger partial charge is 0.200 e. The van der Waals surface area contributed by atoms with Crippen LogP contribution < -0.4 is 4.74 Å². The van der Waals surface area contributed by atoms with Crippen molar-refractivity contribution in [1.82, 2.24) is 0 Å². The molecule has 1 aliphatic rings. The van der Waals surface area contributed by atoms with Gasteiger partial charge in [0.15, 0.2) is 23.4 Å². The summed E-state index contributed by atoms with van der Waals surface area (Å²) in [6.07, 6.45) is -1.92. The monoisotopic (exact) mass is 306 g/mol. The van der Waals surface area contributed by atoms with E-state index in [4.69, 9.17) is 4.74 Å². The first-order valence-electron chi connectivity index (χ1n) is 6.51. The van der Waals surface area contributed by atoms with E-state index in [1.165, 1.54) is 6.07 Å². The van der Waals surface area contributed by atoms with Crippen molar-refractivity contribution < 1.29 is 35.4 Å². The maximum Gasteiger partial charge on any atom is 0.200 e. The minimum absolute atomic E-state index is 0.0640. The molecule has 0 bridgehead atoms. The highest BCUT2D eigenvalue weighted by Crippen LogP contribution is 2.44. The molecule has 0 saturated heterocycles. The van der Waals surface area contributed by atoms with Crippen molar-refractivity contribution in [3.05, 3.63) is 35.4 Å². The fourth-order valence-electron chi connectivity index (χ4n) is 2.54. The van der Waals surface area contributed by atoms with Crippen molar-refractivity contribution in [2.24, 2.45) is 0 Å². The Morgan fingerprint density at radius 2 is 1.50 bits per heavy atom. The van der Waals surface area contributed by atoms with Gasteiger partial charge in [0.1, 0.15) is 17.2 Å². The van der Waals surface area contributed by atoms with Gasteiger partial charge in [0, 0.05) is 29.7 Å². The van der Waals surface area contributed by atoms with Gasteiger partial charge in [-0.2, -0.15) is 0 Å². The predicted molar refractivity (Wildman–Crippen MR) is 74.3 cm³/mol. The van der Waals surface area contributed by atoms with Crippen LogP contribution in [0.2, 0.25) is 0 Å². The maximum atomic E-state index is 10.2. The van der Waals surface area contributed by atoms with Gasteiger partial charge in [0.05, 0.1) is 6.10 Å². The maximum absolute atomic E-state index is 10.2. The highest BCUT2D eigenvalue weighted by molar-refractivity contribution is 5.54. The van der Waals surface area contributed by atoms with Crippen molar-refractivity contribution in [2.75, 3.05) is 0 Å². The van der Waals surface area contributed by atoms with Crippen molar-refractivity contribution in [2.45, 2.75) is 18.6 Å². The van der Waals surface area contributed by atoms with Gasteiger partial charge < -0.3 is 35.4 Å². The molecule has 1 heterocycles. The highest BCUT2D eigenvalue weighted by Gasteiger charge is 2.33. The summed E-state index contributed by atoms with van der Waals surface area (Å²) in [6.45, 7) is 0. The minimum Gasteiger partial charge on any atom is -0.508 e. The number of aliphatic hydroxyl groups excluding tert-OH is 1. The lowest BCUT2D eigenvalue weighted by Gasteiger charge is -2.31. The van der Waals surface area contributed by atoms with Gasteiger partial charge in [-0.1, -0.05) is 0 Å². The molecule has 7 nitrogen and oxygen atoms in total. The molecule has 0 spiro atoms. The van der Waals surface area contributed by atoms with Crippen LogP contribution in [0.4, 0.5) is 0 Å². The first kappa shape index (κ1) is 14.2. The van der Waals surface area contributed by atoms with Gasteiger partial charge in [-0.05, 0) is 12.1 Å². The van der Waals surface area contributed by atoms with E-state index in [2.05, 4.69) is 0 Å². The molecular formula is C15H14O7. The molecule has 0 fully saturated rings. The summed E-state index contributed by atoms with van der Waals surface area (Å²) < 4.78 is 5.57. The molecule has 1 aliphatic heterocycles. The van der Waals surface area contributed by atoms with Gasteiger partial charge >= 0.3 is 0 Å². The highest BCUT2D eigenvalue weighted by atomic mass is 16.5. The molecule has 1 unspecified atom stereocenters. The minimum atomic E-state index is -1.05. The zero-order valence-electron chi connectivity index (χ0n) is 11.3. The molecule has 0 radical (unpaired) electrons. The molecule has 2 aromatic carbocycles. The van der Waals surface area contributed by atoms with Crippen molar-refractivity contribution >= 4 is 0 Å². The van der Waals surface area contributed by atoms with Gasteiger partial charge in [-0.25, -0.2) is 0 Å². The van der Waals surface area contributed by atoms with Crippen LogP contribution in [-0.2, 0) is 6.42 Å². The number of aliphatic hydroxyl groups is 1. The second kappa shape index (κ2) is 4.88. The largest absolute Gasteiger partial charge is 0.508 e. The molecule has 0 amide bonds. The van der Waals surface area contributed by atoms with Gasteiger partial charge in [-0.15, -0.1) is 0 Å². The van der Waals surface area contributed by atoms with Crippen molar-refractivity contribution in [1.29, 1.82) is 0 Å². The second-order valence-electron chi connectivity index (χ2n) is 5.16. The Balaban J connectivity index is 2.03. The second-order valence-corrected chi connectivity index (χ2v) is 5.16. The number of rotatable bonds is 1. The number of phenols is 5. The Labute approximate surface area is 124 Å². The summed E-state index contributed by atoms with van der Waals surface area (Å²) in [6, 6.07) is 4.77. The Morgan fingerprint density at radius 1 is 0.864 bits per heavy atom. The van der Waals surface area contributed by atoms with Gasteiger partial charge in [0.2, 0.25) is 0 Å². The molecule has 7 heteroatoms. The molecule has 2 aromatic rings. The van der Waals surface area contributed by atoms with Crippen LogP contribution in [0.1, 0.15) is 17.2 Å². The topological polar surface area (TPSA) is 131 Å². The zero-order valence-corrected chi connectivity index (χ0v) is 11.3. The molecule has 0 saturated carbocycles.